The van der Waals surface area contributed by atoms with Crippen molar-refractivity contribution in [1.82, 2.24) is 5.32 Å². The average Bonchev–Trinajstić information content (AvgIpc) is 2.17. The van der Waals surface area contributed by atoms with Gasteiger partial charge in [-0.25, -0.2) is 4.79 Å². The number of nitrogens with one attached hydrogen (secondary N) is 1. The van der Waals surface area contributed by atoms with Gasteiger partial charge in [0.15, 0.2) is 0 Å². The first-order valence-electron chi connectivity index (χ1n) is 4.90. The Labute approximate surface area is 123 Å². The Morgan fingerprint density at radius 1 is 1.41 bits per heavy atom. The van der Waals surface area contributed by atoms with Crippen LogP contribution in [0, 0.1) is 6.92 Å². The van der Waals surface area contributed by atoms with Crippen molar-refractivity contribution >= 4 is 31.8 Å². The molecule has 0 rings (SSSR count). The Morgan fingerprint density at radius 3 is 2.24 bits per heavy atom. The van der Waals surface area contributed by atoms with Crippen LogP contribution in [0.3, 0.4) is 0 Å². The van der Waals surface area contributed by atoms with Crippen LogP contribution < -0.4 is 5.32 Å². The number of rotatable bonds is 3. The molecule has 0 bridgehead atoms. The second-order valence-electron chi connectivity index (χ2n) is 4.12. The molecule has 0 heterocycles. The van der Waals surface area contributed by atoms with E-state index in [4.69, 9.17) is 4.74 Å². The zero-order chi connectivity index (χ0) is 14.1. The fourth-order valence-corrected chi connectivity index (χ4v) is 0.810. The molecule has 0 aliphatic heterocycles. The molecule has 1 N–H and O–H groups in total. The summed E-state index contributed by atoms with van der Waals surface area (Å²) >= 11 is 3.62. The first kappa shape index (κ1) is 19.4. The molecule has 0 radical (unpaired) electrons. The summed E-state index contributed by atoms with van der Waals surface area (Å²) in [4.78, 5) is 22.0. The summed E-state index contributed by atoms with van der Waals surface area (Å²) in [5.41, 5.74) is -0.560. The third-order valence-electron chi connectivity index (χ3n) is 1.36. The van der Waals surface area contributed by atoms with Crippen molar-refractivity contribution in [2.24, 2.45) is 0 Å². The van der Waals surface area contributed by atoms with Crippen LogP contribution >= 0.6 is 19.8 Å². The van der Waals surface area contributed by atoms with Gasteiger partial charge in [-0.15, -0.1) is 0 Å². The van der Waals surface area contributed by atoms with Gasteiger partial charge in [0.05, 0.1) is 7.11 Å². The van der Waals surface area contributed by atoms with E-state index in [1.807, 2.05) is 0 Å². The van der Waals surface area contributed by atoms with Crippen LogP contribution in [0.25, 0.3) is 0 Å². The van der Waals surface area contributed by atoms with Gasteiger partial charge in [0.25, 0.3) is 0 Å². The molecule has 0 saturated carbocycles. The fourth-order valence-electron chi connectivity index (χ4n) is 0.810. The summed E-state index contributed by atoms with van der Waals surface area (Å²) in [6, 6.07) is -0.549. The number of alkyl carbamates (subject to hydrolysis) is 1. The molecule has 0 aromatic heterocycles. The minimum atomic E-state index is -0.591. The molecule has 1 amide bonds. The Bertz CT molecular complexity index is 243. The van der Waals surface area contributed by atoms with Crippen molar-refractivity contribution < 1.29 is 33.9 Å². The average molecular weight is 409 g/mol. The van der Waals surface area contributed by atoms with Crippen LogP contribution in [0.5, 0.6) is 0 Å². The molecule has 0 aromatic carbocycles. The Balaban J connectivity index is 0. The van der Waals surface area contributed by atoms with Crippen molar-refractivity contribution in [3.8, 4) is 0 Å². The maximum atomic E-state index is 11.2. The third kappa shape index (κ3) is 14.0. The predicted octanol–water partition coefficient (Wildman–Crippen LogP) is 2.16. The molecule has 0 unspecified atom stereocenters. The fraction of sp³-hybridized carbons (Fsp3) is 0.700. The normalized spacial score (nSPS) is 11.8. The molecule has 96 valence electrons. The van der Waals surface area contributed by atoms with Crippen LogP contribution in [-0.4, -0.2) is 30.8 Å². The number of methoxy groups -OCH3 is 1. The first-order valence-corrected chi connectivity index (χ1v) is 14.0. The monoisotopic (exact) mass is 407 g/mol. The number of hydrogen-bond donors (Lipinski definition) is 1. The summed E-state index contributed by atoms with van der Waals surface area (Å²) in [5.74, 6) is -0.425. The first-order chi connectivity index (χ1) is 7.74. The molecule has 7 heteroatoms. The van der Waals surface area contributed by atoms with E-state index in [1.165, 1.54) is 21.9 Å². The summed E-state index contributed by atoms with van der Waals surface area (Å²) in [6.45, 7) is 8.85. The Morgan fingerprint density at radius 2 is 1.88 bits per heavy atom. The summed E-state index contributed by atoms with van der Waals surface area (Å²) in [7, 11) is 1.28. The number of carbonyl (C=O) groups is 2. The summed E-state index contributed by atoms with van der Waals surface area (Å²) < 4.78 is 9.41. The van der Waals surface area contributed by atoms with Crippen molar-refractivity contribution in [3.63, 3.8) is 0 Å². The van der Waals surface area contributed by atoms with E-state index in [2.05, 4.69) is 36.7 Å². The predicted molar refractivity (Wildman–Crippen MR) is 69.2 cm³/mol. The number of hydrogen-bond acceptors (Lipinski definition) is 4. The van der Waals surface area contributed by atoms with Gasteiger partial charge in [-0.2, -0.15) is 0 Å². The van der Waals surface area contributed by atoms with E-state index >= 15 is 0 Å². The molecule has 17 heavy (non-hydrogen) atoms. The standard InChI is InChI=1S/C10H18NO4.HI.Zn/c1-7(6-8(12)14-5)11-9(13)15-10(2,3)4;;/h7H,1,6H2,2-5H3,(H,11,13);1H;/q-1;;+2/p-1/t7-;;/m1../s1. The number of halogens is 1. The van der Waals surface area contributed by atoms with Crippen molar-refractivity contribution in [2.45, 2.75) is 38.8 Å². The maximum absolute atomic E-state index is 11.2. The summed E-state index contributed by atoms with van der Waals surface area (Å²) in [6.07, 6.45) is -0.568. The molecule has 0 saturated heterocycles. The topological polar surface area (TPSA) is 64.6 Å². The van der Waals surface area contributed by atoms with E-state index in [0.717, 1.165) is 0 Å². The van der Waals surface area contributed by atoms with E-state index in [1.54, 1.807) is 20.8 Å². The second-order valence-corrected chi connectivity index (χ2v) is 4.12. The van der Waals surface area contributed by atoms with Crippen LogP contribution in [0.2, 0.25) is 0 Å². The van der Waals surface area contributed by atoms with Crippen LogP contribution in [0.1, 0.15) is 27.2 Å². The molecule has 0 aromatic rings. The Hall–Kier alpha value is 0.0934. The Kier molecular flexibility index (Phi) is 11.5. The summed E-state index contributed by atoms with van der Waals surface area (Å²) in [5, 5.41) is 2.43. The van der Waals surface area contributed by atoms with Gasteiger partial charge in [0, 0.05) is 6.42 Å². The van der Waals surface area contributed by atoms with E-state index in [9.17, 15) is 9.59 Å². The van der Waals surface area contributed by atoms with E-state index in [-0.39, 0.29) is 6.42 Å². The third-order valence-corrected chi connectivity index (χ3v) is 1.36. The number of ether oxygens (including phenoxy) is 2. The SMILES string of the molecule is [CH2-][C@H](CC(=O)OC)NC(=O)OC(C)(C)C.[Zn+][I]. The zero-order valence-corrected chi connectivity index (χ0v) is 15.8. The second kappa shape index (κ2) is 10.1. The van der Waals surface area contributed by atoms with Gasteiger partial charge < -0.3 is 21.7 Å². The molecule has 5 nitrogen and oxygen atoms in total. The van der Waals surface area contributed by atoms with Gasteiger partial charge in [-0.3, -0.25) is 4.79 Å². The van der Waals surface area contributed by atoms with Gasteiger partial charge in [0.2, 0.25) is 0 Å². The number of amides is 1. The molecule has 0 fully saturated rings. The number of esters is 1. The molecule has 0 aliphatic rings. The molecular formula is C10H18INO4Zn. The van der Waals surface area contributed by atoms with Gasteiger partial charge in [0.1, 0.15) is 5.60 Å². The van der Waals surface area contributed by atoms with Gasteiger partial charge >= 0.3 is 46.6 Å². The minimum absolute atomic E-state index is 0.0236. The van der Waals surface area contributed by atoms with Crippen LogP contribution in [-0.2, 0) is 29.1 Å². The number of carbonyl (C=O) groups excluding carboxylic acids is 2. The molecule has 1 atom stereocenters. The van der Waals surface area contributed by atoms with Crippen LogP contribution in [0.15, 0.2) is 0 Å². The van der Waals surface area contributed by atoms with E-state index < -0.39 is 23.7 Å². The van der Waals surface area contributed by atoms with E-state index in [0.29, 0.717) is 0 Å². The molecular weight excluding hydrogens is 390 g/mol. The molecule has 0 spiro atoms. The van der Waals surface area contributed by atoms with Gasteiger partial charge in [-0.1, -0.05) is 6.04 Å². The zero-order valence-electron chi connectivity index (χ0n) is 10.7. The van der Waals surface area contributed by atoms with Crippen molar-refractivity contribution in [2.75, 3.05) is 7.11 Å². The van der Waals surface area contributed by atoms with Gasteiger partial charge in [-0.05, 0) is 20.8 Å². The van der Waals surface area contributed by atoms with Crippen LogP contribution in [0.4, 0.5) is 4.79 Å². The molecule has 0 aliphatic carbocycles. The quantitative estimate of drug-likeness (QED) is 0.336. The van der Waals surface area contributed by atoms with Crippen molar-refractivity contribution in [1.29, 1.82) is 0 Å². The van der Waals surface area contributed by atoms with Crippen molar-refractivity contribution in [3.05, 3.63) is 6.92 Å².